The van der Waals surface area contributed by atoms with Crippen LogP contribution >= 0.6 is 0 Å². The van der Waals surface area contributed by atoms with Gasteiger partial charge in [0, 0.05) is 6.42 Å². The number of unbranched alkanes of at least 4 members (excludes halogenated alkanes) is 5. The van der Waals surface area contributed by atoms with Gasteiger partial charge in [0.15, 0.2) is 0 Å². The molecule has 0 saturated heterocycles. The van der Waals surface area contributed by atoms with Gasteiger partial charge >= 0.3 is 5.97 Å². The lowest BCUT2D eigenvalue weighted by atomic mass is 10.1. The molecule has 0 saturated carbocycles. The first kappa shape index (κ1) is 16.9. The van der Waals surface area contributed by atoms with Crippen LogP contribution in [0.4, 0.5) is 0 Å². The van der Waals surface area contributed by atoms with Crippen molar-refractivity contribution in [3.8, 4) is 0 Å². The molecule has 0 fully saturated rings. The molecule has 1 unspecified atom stereocenters. The van der Waals surface area contributed by atoms with Crippen LogP contribution < -0.4 is 5.32 Å². The first-order chi connectivity index (χ1) is 8.61. The Bertz CT molecular complexity index is 241. The van der Waals surface area contributed by atoms with Crippen LogP contribution in [0.1, 0.15) is 71.6 Å². The van der Waals surface area contributed by atoms with E-state index in [-0.39, 0.29) is 5.91 Å². The van der Waals surface area contributed by atoms with Crippen LogP contribution in [-0.2, 0) is 9.59 Å². The molecule has 0 heterocycles. The monoisotopic (exact) mass is 257 g/mol. The maximum absolute atomic E-state index is 11.6. The quantitative estimate of drug-likeness (QED) is 0.559. The van der Waals surface area contributed by atoms with Gasteiger partial charge in [-0.15, -0.1) is 0 Å². The van der Waals surface area contributed by atoms with Crippen molar-refractivity contribution in [3.05, 3.63) is 0 Å². The highest BCUT2D eigenvalue weighted by Gasteiger charge is 2.18. The normalized spacial score (nSPS) is 12.1. The molecule has 0 spiro atoms. The van der Waals surface area contributed by atoms with Gasteiger partial charge in [-0.05, 0) is 12.8 Å². The molecule has 18 heavy (non-hydrogen) atoms. The zero-order valence-corrected chi connectivity index (χ0v) is 11.7. The molecular weight excluding hydrogens is 230 g/mol. The van der Waals surface area contributed by atoms with Gasteiger partial charge in [0.2, 0.25) is 5.91 Å². The molecule has 0 bridgehead atoms. The third-order valence-electron chi connectivity index (χ3n) is 2.99. The van der Waals surface area contributed by atoms with E-state index >= 15 is 0 Å². The average Bonchev–Trinajstić information content (AvgIpc) is 2.33. The van der Waals surface area contributed by atoms with E-state index in [1.54, 1.807) is 0 Å². The summed E-state index contributed by atoms with van der Waals surface area (Å²) in [5.41, 5.74) is 0. The second kappa shape index (κ2) is 11.1. The van der Waals surface area contributed by atoms with Crippen molar-refractivity contribution in [2.45, 2.75) is 77.7 Å². The topological polar surface area (TPSA) is 66.4 Å². The Hall–Kier alpha value is -1.06. The van der Waals surface area contributed by atoms with Gasteiger partial charge in [-0.1, -0.05) is 52.4 Å². The van der Waals surface area contributed by atoms with Crippen molar-refractivity contribution in [2.75, 3.05) is 0 Å². The van der Waals surface area contributed by atoms with Crippen molar-refractivity contribution in [1.29, 1.82) is 0 Å². The van der Waals surface area contributed by atoms with Crippen LogP contribution in [0.25, 0.3) is 0 Å². The summed E-state index contributed by atoms with van der Waals surface area (Å²) in [7, 11) is 0. The number of hydrogen-bond acceptors (Lipinski definition) is 2. The molecule has 0 aliphatic rings. The molecule has 1 amide bonds. The first-order valence-electron chi connectivity index (χ1n) is 7.14. The van der Waals surface area contributed by atoms with Crippen LogP contribution in [0.5, 0.6) is 0 Å². The van der Waals surface area contributed by atoms with Crippen molar-refractivity contribution in [1.82, 2.24) is 5.32 Å². The van der Waals surface area contributed by atoms with Crippen LogP contribution in [0.15, 0.2) is 0 Å². The third kappa shape index (κ3) is 9.02. The standard InChI is InChI=1S/C14H27NO3/c1-3-5-7-8-9-11-13(16)15-12(14(17)18)10-6-4-2/h12H,3-11H2,1-2H3,(H,15,16)(H,17,18). The molecular formula is C14H27NO3. The summed E-state index contributed by atoms with van der Waals surface area (Å²) < 4.78 is 0. The van der Waals surface area contributed by atoms with Crippen LogP contribution in [-0.4, -0.2) is 23.0 Å². The zero-order valence-electron chi connectivity index (χ0n) is 11.7. The first-order valence-corrected chi connectivity index (χ1v) is 7.14. The Balaban J connectivity index is 3.77. The Morgan fingerprint density at radius 1 is 1.00 bits per heavy atom. The van der Waals surface area contributed by atoms with E-state index in [1.807, 2.05) is 6.92 Å². The summed E-state index contributed by atoms with van der Waals surface area (Å²) in [4.78, 5) is 22.5. The minimum Gasteiger partial charge on any atom is -0.480 e. The Kier molecular flexibility index (Phi) is 10.4. The lowest BCUT2D eigenvalue weighted by molar-refractivity contribution is -0.142. The average molecular weight is 257 g/mol. The number of carbonyl (C=O) groups excluding carboxylic acids is 1. The Morgan fingerprint density at radius 2 is 1.61 bits per heavy atom. The molecule has 0 aromatic carbocycles. The molecule has 0 rings (SSSR count). The molecule has 4 nitrogen and oxygen atoms in total. The largest absolute Gasteiger partial charge is 0.480 e. The van der Waals surface area contributed by atoms with E-state index < -0.39 is 12.0 Å². The van der Waals surface area contributed by atoms with Crippen LogP contribution in [0.2, 0.25) is 0 Å². The van der Waals surface area contributed by atoms with Gasteiger partial charge in [0.25, 0.3) is 0 Å². The van der Waals surface area contributed by atoms with Crippen molar-refractivity contribution in [3.63, 3.8) is 0 Å². The van der Waals surface area contributed by atoms with Crippen LogP contribution in [0, 0.1) is 0 Å². The van der Waals surface area contributed by atoms with E-state index in [0.717, 1.165) is 32.1 Å². The number of hydrogen-bond donors (Lipinski definition) is 2. The molecule has 4 heteroatoms. The second-order valence-corrected chi connectivity index (χ2v) is 4.76. The maximum atomic E-state index is 11.6. The van der Waals surface area contributed by atoms with E-state index in [4.69, 9.17) is 5.11 Å². The van der Waals surface area contributed by atoms with Gasteiger partial charge in [-0.3, -0.25) is 4.79 Å². The number of carboxylic acids is 1. The van der Waals surface area contributed by atoms with Crippen molar-refractivity contribution < 1.29 is 14.7 Å². The number of nitrogens with one attached hydrogen (secondary N) is 1. The highest BCUT2D eigenvalue weighted by Crippen LogP contribution is 2.06. The third-order valence-corrected chi connectivity index (χ3v) is 2.99. The SMILES string of the molecule is CCCCCCCC(=O)NC(CCCC)C(=O)O. The lowest BCUT2D eigenvalue weighted by Crippen LogP contribution is -2.40. The van der Waals surface area contributed by atoms with E-state index in [1.165, 1.54) is 12.8 Å². The Labute approximate surface area is 110 Å². The fourth-order valence-electron chi connectivity index (χ4n) is 1.82. The predicted molar refractivity (Wildman–Crippen MR) is 72.5 cm³/mol. The van der Waals surface area contributed by atoms with Crippen molar-refractivity contribution in [2.24, 2.45) is 0 Å². The number of rotatable bonds is 11. The molecule has 0 aliphatic carbocycles. The minimum atomic E-state index is -0.928. The molecule has 0 aliphatic heterocycles. The fourth-order valence-corrected chi connectivity index (χ4v) is 1.82. The van der Waals surface area contributed by atoms with E-state index in [0.29, 0.717) is 12.8 Å². The highest BCUT2D eigenvalue weighted by molar-refractivity contribution is 5.83. The summed E-state index contributed by atoms with van der Waals surface area (Å²) in [5, 5.41) is 11.6. The minimum absolute atomic E-state index is 0.130. The van der Waals surface area contributed by atoms with Gasteiger partial charge in [0.1, 0.15) is 6.04 Å². The zero-order chi connectivity index (χ0) is 13.8. The number of carbonyl (C=O) groups is 2. The number of aliphatic carboxylic acids is 1. The summed E-state index contributed by atoms with van der Waals surface area (Å²) in [6.07, 6.45) is 8.18. The van der Waals surface area contributed by atoms with Gasteiger partial charge in [-0.2, -0.15) is 0 Å². The van der Waals surface area contributed by atoms with Gasteiger partial charge in [-0.25, -0.2) is 4.79 Å². The molecule has 106 valence electrons. The fraction of sp³-hybridized carbons (Fsp3) is 0.857. The predicted octanol–water partition coefficient (Wildman–Crippen LogP) is 3.11. The van der Waals surface area contributed by atoms with E-state index in [9.17, 15) is 9.59 Å². The Morgan fingerprint density at radius 3 is 2.17 bits per heavy atom. The highest BCUT2D eigenvalue weighted by atomic mass is 16.4. The van der Waals surface area contributed by atoms with E-state index in [2.05, 4.69) is 12.2 Å². The van der Waals surface area contributed by atoms with Crippen LogP contribution in [0.3, 0.4) is 0 Å². The molecule has 0 aromatic rings. The molecule has 1 atom stereocenters. The number of carboxylic acid groups (broad SMARTS) is 1. The van der Waals surface area contributed by atoms with Gasteiger partial charge < -0.3 is 10.4 Å². The lowest BCUT2D eigenvalue weighted by Gasteiger charge is -2.13. The summed E-state index contributed by atoms with van der Waals surface area (Å²) >= 11 is 0. The second-order valence-electron chi connectivity index (χ2n) is 4.76. The molecule has 0 radical (unpaired) electrons. The number of amides is 1. The van der Waals surface area contributed by atoms with Gasteiger partial charge in [0.05, 0.1) is 0 Å². The smallest absolute Gasteiger partial charge is 0.326 e. The summed E-state index contributed by atoms with van der Waals surface area (Å²) in [6, 6.07) is -0.715. The summed E-state index contributed by atoms with van der Waals surface area (Å²) in [6.45, 7) is 4.16. The molecule has 0 aromatic heterocycles. The summed E-state index contributed by atoms with van der Waals surface area (Å²) in [5.74, 6) is -1.06. The molecule has 2 N–H and O–H groups in total. The maximum Gasteiger partial charge on any atom is 0.326 e. The van der Waals surface area contributed by atoms with Crippen molar-refractivity contribution >= 4 is 11.9 Å².